The van der Waals surface area contributed by atoms with E-state index in [-0.39, 0.29) is 18.0 Å². The molecule has 0 aromatic heterocycles. The molecule has 2 rings (SSSR count). The van der Waals surface area contributed by atoms with Gasteiger partial charge in [-0.1, -0.05) is 0 Å². The van der Waals surface area contributed by atoms with Crippen LogP contribution in [0.25, 0.3) is 0 Å². The summed E-state index contributed by atoms with van der Waals surface area (Å²) in [4.78, 5) is 11.3. The summed E-state index contributed by atoms with van der Waals surface area (Å²) in [5.41, 5.74) is -0.401. The number of hydrogen-bond donors (Lipinski definition) is 0. The Morgan fingerprint density at radius 1 is 1.35 bits per heavy atom. The Kier molecular flexibility index (Phi) is 4.36. The molecule has 0 N–H and O–H groups in total. The fourth-order valence-electron chi connectivity index (χ4n) is 1.87. The van der Waals surface area contributed by atoms with Crippen LogP contribution in [0.3, 0.4) is 0 Å². The number of methoxy groups -OCH3 is 1. The second-order valence-corrected chi connectivity index (χ2v) is 6.09. The van der Waals surface area contributed by atoms with Crippen molar-refractivity contribution in [3.8, 4) is 0 Å². The zero-order valence-corrected chi connectivity index (χ0v) is 11.7. The molecule has 8 heteroatoms. The van der Waals surface area contributed by atoms with Gasteiger partial charge >= 0.3 is 5.97 Å². The van der Waals surface area contributed by atoms with Crippen LogP contribution in [0, 0.1) is 5.82 Å². The molecule has 0 amide bonds. The lowest BCUT2D eigenvalue weighted by molar-refractivity contribution is 0.0595. The number of esters is 1. The Morgan fingerprint density at radius 3 is 2.60 bits per heavy atom. The minimum absolute atomic E-state index is 0.138. The molecule has 1 saturated heterocycles. The molecule has 0 unspecified atom stereocenters. The standard InChI is InChI=1S/C12H14FNO5S/c1-18-12(15)10-8-9(2-3-11(10)13)20(16,17)14-4-6-19-7-5-14/h2-3,8H,4-7H2,1H3. The predicted octanol–water partition coefficient (Wildman–Crippen LogP) is 0.633. The number of sulfonamides is 1. The van der Waals surface area contributed by atoms with Gasteiger partial charge in [0.2, 0.25) is 10.0 Å². The third kappa shape index (κ3) is 2.82. The Bertz CT molecular complexity index is 610. The van der Waals surface area contributed by atoms with Gasteiger partial charge in [-0.3, -0.25) is 0 Å². The van der Waals surface area contributed by atoms with Gasteiger partial charge in [-0.05, 0) is 18.2 Å². The van der Waals surface area contributed by atoms with Crippen LogP contribution in [0.5, 0.6) is 0 Å². The Balaban J connectivity index is 2.39. The number of hydrogen-bond acceptors (Lipinski definition) is 5. The molecule has 0 atom stereocenters. The molecular weight excluding hydrogens is 289 g/mol. The van der Waals surface area contributed by atoms with E-state index in [0.717, 1.165) is 25.3 Å². The predicted molar refractivity (Wildman–Crippen MR) is 67.3 cm³/mol. The molecule has 0 saturated carbocycles. The number of morpholine rings is 1. The van der Waals surface area contributed by atoms with E-state index in [0.29, 0.717) is 13.2 Å². The topological polar surface area (TPSA) is 72.9 Å². The number of carbonyl (C=O) groups is 1. The first kappa shape index (κ1) is 14.9. The molecule has 1 aromatic carbocycles. The van der Waals surface area contributed by atoms with Crippen LogP contribution in [0.2, 0.25) is 0 Å². The number of benzene rings is 1. The minimum Gasteiger partial charge on any atom is -0.465 e. The van der Waals surface area contributed by atoms with Crippen molar-refractivity contribution in [2.24, 2.45) is 0 Å². The number of carbonyl (C=O) groups excluding carboxylic acids is 1. The van der Waals surface area contributed by atoms with Gasteiger partial charge in [-0.25, -0.2) is 17.6 Å². The Morgan fingerprint density at radius 2 is 2.00 bits per heavy atom. The first-order chi connectivity index (χ1) is 9.46. The smallest absolute Gasteiger partial charge is 0.340 e. The van der Waals surface area contributed by atoms with Crippen molar-refractivity contribution < 1.29 is 27.1 Å². The van der Waals surface area contributed by atoms with Crippen molar-refractivity contribution in [2.75, 3.05) is 33.4 Å². The second kappa shape index (κ2) is 5.86. The molecule has 1 heterocycles. The zero-order valence-electron chi connectivity index (χ0n) is 10.8. The highest BCUT2D eigenvalue weighted by atomic mass is 32.2. The van der Waals surface area contributed by atoms with Crippen molar-refractivity contribution in [1.29, 1.82) is 0 Å². The van der Waals surface area contributed by atoms with Crippen LogP contribution < -0.4 is 0 Å². The molecule has 1 fully saturated rings. The van der Waals surface area contributed by atoms with Crippen LogP contribution in [-0.4, -0.2) is 52.1 Å². The molecule has 6 nitrogen and oxygen atoms in total. The quantitative estimate of drug-likeness (QED) is 0.766. The van der Waals surface area contributed by atoms with Gasteiger partial charge in [0, 0.05) is 13.1 Å². The van der Waals surface area contributed by atoms with E-state index in [1.165, 1.54) is 4.31 Å². The molecule has 1 aromatic rings. The molecule has 20 heavy (non-hydrogen) atoms. The average molecular weight is 303 g/mol. The number of nitrogens with zero attached hydrogens (tertiary/aromatic N) is 1. The summed E-state index contributed by atoms with van der Waals surface area (Å²) in [5.74, 6) is -1.74. The summed E-state index contributed by atoms with van der Waals surface area (Å²) in [6, 6.07) is 3.07. The average Bonchev–Trinajstić information content (AvgIpc) is 2.47. The number of halogens is 1. The zero-order chi connectivity index (χ0) is 14.8. The first-order valence-corrected chi connectivity index (χ1v) is 7.36. The van der Waals surface area contributed by atoms with Gasteiger partial charge in [-0.2, -0.15) is 4.31 Å². The van der Waals surface area contributed by atoms with Crippen LogP contribution in [0.15, 0.2) is 23.1 Å². The highest BCUT2D eigenvalue weighted by Crippen LogP contribution is 2.20. The van der Waals surface area contributed by atoms with Crippen molar-refractivity contribution in [2.45, 2.75) is 4.90 Å². The van der Waals surface area contributed by atoms with E-state index in [2.05, 4.69) is 4.74 Å². The van der Waals surface area contributed by atoms with Gasteiger partial charge in [-0.15, -0.1) is 0 Å². The third-order valence-corrected chi connectivity index (χ3v) is 4.85. The van der Waals surface area contributed by atoms with E-state index in [1.807, 2.05) is 0 Å². The van der Waals surface area contributed by atoms with Gasteiger partial charge in [0.05, 0.1) is 30.8 Å². The second-order valence-electron chi connectivity index (χ2n) is 4.15. The van der Waals surface area contributed by atoms with Crippen LogP contribution in [0.4, 0.5) is 4.39 Å². The third-order valence-electron chi connectivity index (χ3n) is 2.95. The molecule has 0 aliphatic carbocycles. The number of rotatable bonds is 3. The molecular formula is C12H14FNO5S. The minimum atomic E-state index is -3.76. The summed E-state index contributed by atoms with van der Waals surface area (Å²) < 4.78 is 49.0. The summed E-state index contributed by atoms with van der Waals surface area (Å²) >= 11 is 0. The molecule has 1 aliphatic rings. The molecule has 0 spiro atoms. The normalized spacial score (nSPS) is 16.9. The first-order valence-electron chi connectivity index (χ1n) is 5.92. The van der Waals surface area contributed by atoms with Crippen molar-refractivity contribution in [1.82, 2.24) is 4.31 Å². The molecule has 0 bridgehead atoms. The summed E-state index contributed by atoms with van der Waals surface area (Å²) in [5, 5.41) is 0. The lowest BCUT2D eigenvalue weighted by Gasteiger charge is -2.26. The van der Waals surface area contributed by atoms with E-state index < -0.39 is 27.4 Å². The van der Waals surface area contributed by atoms with Gasteiger partial charge < -0.3 is 9.47 Å². The van der Waals surface area contributed by atoms with Crippen LogP contribution >= 0.6 is 0 Å². The van der Waals surface area contributed by atoms with Crippen molar-refractivity contribution >= 4 is 16.0 Å². The Hall–Kier alpha value is -1.51. The largest absolute Gasteiger partial charge is 0.465 e. The van der Waals surface area contributed by atoms with Crippen molar-refractivity contribution in [3.05, 3.63) is 29.6 Å². The highest BCUT2D eigenvalue weighted by Gasteiger charge is 2.27. The maximum absolute atomic E-state index is 13.5. The summed E-state index contributed by atoms with van der Waals surface area (Å²) in [6.07, 6.45) is 0. The SMILES string of the molecule is COC(=O)c1cc(S(=O)(=O)N2CCOCC2)ccc1F. The lowest BCUT2D eigenvalue weighted by atomic mass is 10.2. The number of ether oxygens (including phenoxy) is 2. The molecule has 1 aliphatic heterocycles. The maximum Gasteiger partial charge on any atom is 0.340 e. The maximum atomic E-state index is 13.5. The van der Waals surface area contributed by atoms with E-state index >= 15 is 0 Å². The van der Waals surface area contributed by atoms with Gasteiger partial charge in [0.15, 0.2) is 0 Å². The van der Waals surface area contributed by atoms with E-state index in [1.54, 1.807) is 0 Å². The summed E-state index contributed by atoms with van der Waals surface area (Å²) in [6.45, 7) is 1.08. The monoisotopic (exact) mass is 303 g/mol. The fourth-order valence-corrected chi connectivity index (χ4v) is 3.30. The summed E-state index contributed by atoms with van der Waals surface area (Å²) in [7, 11) is -2.66. The van der Waals surface area contributed by atoms with Crippen LogP contribution in [0.1, 0.15) is 10.4 Å². The van der Waals surface area contributed by atoms with E-state index in [4.69, 9.17) is 4.74 Å². The van der Waals surface area contributed by atoms with Crippen molar-refractivity contribution in [3.63, 3.8) is 0 Å². The van der Waals surface area contributed by atoms with Gasteiger partial charge in [0.1, 0.15) is 5.82 Å². The Labute approximate surface area is 116 Å². The molecule has 0 radical (unpaired) electrons. The van der Waals surface area contributed by atoms with Gasteiger partial charge in [0.25, 0.3) is 0 Å². The highest BCUT2D eigenvalue weighted by molar-refractivity contribution is 7.89. The molecule has 110 valence electrons. The van der Waals surface area contributed by atoms with Crippen LogP contribution in [-0.2, 0) is 19.5 Å². The van der Waals surface area contributed by atoms with E-state index in [9.17, 15) is 17.6 Å². The lowest BCUT2D eigenvalue weighted by Crippen LogP contribution is -2.40. The fraction of sp³-hybridized carbons (Fsp3) is 0.417.